The zero-order valence-corrected chi connectivity index (χ0v) is 12.4. The van der Waals surface area contributed by atoms with Crippen LogP contribution in [-0.4, -0.2) is 14.8 Å². The maximum atomic E-state index is 6.40. The van der Waals surface area contributed by atoms with Gasteiger partial charge in [0.1, 0.15) is 0 Å². The summed E-state index contributed by atoms with van der Waals surface area (Å²) in [4.78, 5) is 4.38. The molecule has 0 aliphatic rings. The van der Waals surface area contributed by atoms with Crippen LogP contribution in [-0.2, 0) is 6.42 Å². The molecule has 0 amide bonds. The highest BCUT2D eigenvalue weighted by Gasteiger charge is 2.13. The number of pyridine rings is 1. The Labute approximate surface area is 124 Å². The van der Waals surface area contributed by atoms with Crippen LogP contribution in [0.4, 0.5) is 0 Å². The number of hydrogen-bond acceptors (Lipinski definition) is 3. The van der Waals surface area contributed by atoms with E-state index in [2.05, 4.69) is 30.0 Å². The third kappa shape index (κ3) is 2.81. The Morgan fingerprint density at radius 2 is 1.95 bits per heavy atom. The van der Waals surface area contributed by atoms with Crippen LogP contribution < -0.4 is 5.73 Å². The Hall–Kier alpha value is -2.20. The van der Waals surface area contributed by atoms with Gasteiger partial charge >= 0.3 is 0 Å². The van der Waals surface area contributed by atoms with E-state index in [1.807, 2.05) is 47.4 Å². The SMILES string of the molecule is CC(C)n1ccc(CC(N)c2ccnc3ccccc23)n1. The Kier molecular flexibility index (Phi) is 3.71. The molecule has 2 N–H and O–H groups in total. The van der Waals surface area contributed by atoms with E-state index in [-0.39, 0.29) is 6.04 Å². The molecule has 0 aliphatic heterocycles. The second-order valence-corrected chi connectivity index (χ2v) is 5.61. The maximum Gasteiger partial charge on any atom is 0.0705 e. The van der Waals surface area contributed by atoms with E-state index in [0.717, 1.165) is 28.6 Å². The van der Waals surface area contributed by atoms with E-state index in [4.69, 9.17) is 5.73 Å². The van der Waals surface area contributed by atoms with Gasteiger partial charge in [0.15, 0.2) is 0 Å². The van der Waals surface area contributed by atoms with Crippen LogP contribution in [0.25, 0.3) is 10.9 Å². The average molecular weight is 280 g/mol. The number of nitrogens with zero attached hydrogens (tertiary/aromatic N) is 3. The lowest BCUT2D eigenvalue weighted by molar-refractivity contribution is 0.523. The van der Waals surface area contributed by atoms with Crippen LogP contribution >= 0.6 is 0 Å². The second kappa shape index (κ2) is 5.66. The molecular formula is C17H20N4. The molecule has 0 saturated carbocycles. The Bertz CT molecular complexity index is 740. The van der Waals surface area contributed by atoms with Gasteiger partial charge in [0, 0.05) is 36.3 Å². The van der Waals surface area contributed by atoms with Gasteiger partial charge in [-0.3, -0.25) is 9.67 Å². The third-order valence-electron chi connectivity index (χ3n) is 3.70. The minimum absolute atomic E-state index is 0.0755. The van der Waals surface area contributed by atoms with E-state index >= 15 is 0 Å². The van der Waals surface area contributed by atoms with Crippen molar-refractivity contribution in [3.05, 3.63) is 60.0 Å². The van der Waals surface area contributed by atoms with E-state index < -0.39 is 0 Å². The molecule has 0 bridgehead atoms. The summed E-state index contributed by atoms with van der Waals surface area (Å²) < 4.78 is 1.96. The Balaban J connectivity index is 1.88. The molecule has 0 spiro atoms. The summed E-state index contributed by atoms with van der Waals surface area (Å²) in [5, 5.41) is 5.70. The summed E-state index contributed by atoms with van der Waals surface area (Å²) in [6.45, 7) is 4.24. The molecule has 0 fully saturated rings. The number of aromatic nitrogens is 3. The summed E-state index contributed by atoms with van der Waals surface area (Å²) in [6.07, 6.45) is 4.56. The number of rotatable bonds is 4. The molecule has 2 heterocycles. The summed E-state index contributed by atoms with van der Waals surface area (Å²) in [5.41, 5.74) is 9.54. The first-order valence-electron chi connectivity index (χ1n) is 7.28. The predicted octanol–water partition coefficient (Wildman–Crippen LogP) is 3.25. The van der Waals surface area contributed by atoms with Crippen molar-refractivity contribution in [1.29, 1.82) is 0 Å². The summed E-state index contributed by atoms with van der Waals surface area (Å²) in [6, 6.07) is 12.5. The van der Waals surface area contributed by atoms with Crippen LogP contribution in [0.3, 0.4) is 0 Å². The van der Waals surface area contributed by atoms with Crippen molar-refractivity contribution in [1.82, 2.24) is 14.8 Å². The zero-order chi connectivity index (χ0) is 14.8. The van der Waals surface area contributed by atoms with Gasteiger partial charge in [-0.05, 0) is 37.6 Å². The first-order chi connectivity index (χ1) is 10.1. The van der Waals surface area contributed by atoms with Crippen molar-refractivity contribution in [3.63, 3.8) is 0 Å². The highest BCUT2D eigenvalue weighted by atomic mass is 15.3. The molecule has 1 atom stereocenters. The smallest absolute Gasteiger partial charge is 0.0705 e. The molecule has 0 radical (unpaired) electrons. The molecule has 0 aliphatic carbocycles. The molecule has 1 aromatic carbocycles. The molecule has 2 aromatic heterocycles. The van der Waals surface area contributed by atoms with Gasteiger partial charge in [0.2, 0.25) is 0 Å². The van der Waals surface area contributed by atoms with Crippen molar-refractivity contribution < 1.29 is 0 Å². The monoisotopic (exact) mass is 280 g/mol. The van der Waals surface area contributed by atoms with E-state index in [9.17, 15) is 0 Å². The zero-order valence-electron chi connectivity index (χ0n) is 12.4. The van der Waals surface area contributed by atoms with Crippen molar-refractivity contribution >= 4 is 10.9 Å². The van der Waals surface area contributed by atoms with Crippen molar-refractivity contribution in [2.24, 2.45) is 5.73 Å². The largest absolute Gasteiger partial charge is 0.324 e. The van der Waals surface area contributed by atoms with Gasteiger partial charge in [0.05, 0.1) is 11.2 Å². The van der Waals surface area contributed by atoms with Gasteiger partial charge in [-0.1, -0.05) is 18.2 Å². The van der Waals surface area contributed by atoms with Crippen molar-refractivity contribution in [3.8, 4) is 0 Å². The number of benzene rings is 1. The lowest BCUT2D eigenvalue weighted by Gasteiger charge is -2.13. The standard InChI is InChI=1S/C17H20N4/c1-12(2)21-10-8-13(20-21)11-16(18)14-7-9-19-17-6-4-3-5-15(14)17/h3-10,12,16H,11,18H2,1-2H3. The molecule has 3 aromatic rings. The first kappa shape index (κ1) is 13.8. The third-order valence-corrected chi connectivity index (χ3v) is 3.70. The highest BCUT2D eigenvalue weighted by Crippen LogP contribution is 2.23. The normalized spacial score (nSPS) is 13.0. The minimum Gasteiger partial charge on any atom is -0.324 e. The number of nitrogens with two attached hydrogens (primary N) is 1. The molecule has 4 nitrogen and oxygen atoms in total. The average Bonchev–Trinajstić information content (AvgIpc) is 2.95. The van der Waals surface area contributed by atoms with E-state index in [0.29, 0.717) is 6.04 Å². The Morgan fingerprint density at radius 3 is 2.71 bits per heavy atom. The molecule has 3 rings (SSSR count). The number of fused-ring (bicyclic) bond motifs is 1. The van der Waals surface area contributed by atoms with Gasteiger partial charge in [0.25, 0.3) is 0 Å². The van der Waals surface area contributed by atoms with Gasteiger partial charge in [-0.25, -0.2) is 0 Å². The topological polar surface area (TPSA) is 56.7 Å². The summed E-state index contributed by atoms with van der Waals surface area (Å²) >= 11 is 0. The maximum absolute atomic E-state index is 6.40. The van der Waals surface area contributed by atoms with E-state index in [1.54, 1.807) is 0 Å². The fourth-order valence-corrected chi connectivity index (χ4v) is 2.55. The van der Waals surface area contributed by atoms with Crippen molar-refractivity contribution in [2.45, 2.75) is 32.4 Å². The van der Waals surface area contributed by atoms with Crippen LogP contribution in [0.5, 0.6) is 0 Å². The minimum atomic E-state index is -0.0755. The fraction of sp³-hybridized carbons (Fsp3) is 0.294. The van der Waals surface area contributed by atoms with Crippen molar-refractivity contribution in [2.75, 3.05) is 0 Å². The molecule has 4 heteroatoms. The number of para-hydroxylation sites is 1. The van der Waals surface area contributed by atoms with Crippen LogP contribution in [0.15, 0.2) is 48.8 Å². The number of hydrogen-bond donors (Lipinski definition) is 1. The predicted molar refractivity (Wildman–Crippen MR) is 85.0 cm³/mol. The van der Waals surface area contributed by atoms with Crippen LogP contribution in [0.1, 0.15) is 37.2 Å². The van der Waals surface area contributed by atoms with Gasteiger partial charge < -0.3 is 5.73 Å². The molecule has 0 saturated heterocycles. The highest BCUT2D eigenvalue weighted by molar-refractivity contribution is 5.82. The Morgan fingerprint density at radius 1 is 1.14 bits per heavy atom. The molecule has 1 unspecified atom stereocenters. The van der Waals surface area contributed by atoms with Gasteiger partial charge in [-0.2, -0.15) is 5.10 Å². The van der Waals surface area contributed by atoms with Crippen LogP contribution in [0, 0.1) is 0 Å². The molecular weight excluding hydrogens is 260 g/mol. The fourth-order valence-electron chi connectivity index (χ4n) is 2.55. The molecule has 21 heavy (non-hydrogen) atoms. The van der Waals surface area contributed by atoms with Gasteiger partial charge in [-0.15, -0.1) is 0 Å². The van der Waals surface area contributed by atoms with E-state index in [1.165, 1.54) is 0 Å². The lowest BCUT2D eigenvalue weighted by atomic mass is 9.99. The second-order valence-electron chi connectivity index (χ2n) is 5.61. The van der Waals surface area contributed by atoms with Crippen LogP contribution in [0.2, 0.25) is 0 Å². The summed E-state index contributed by atoms with van der Waals surface area (Å²) in [5.74, 6) is 0. The molecule has 108 valence electrons. The summed E-state index contributed by atoms with van der Waals surface area (Å²) in [7, 11) is 0. The lowest BCUT2D eigenvalue weighted by Crippen LogP contribution is -2.14. The first-order valence-corrected chi connectivity index (χ1v) is 7.28. The quantitative estimate of drug-likeness (QED) is 0.798.